The molecule has 3 heterocycles. The second-order valence-corrected chi connectivity index (χ2v) is 8.62. The van der Waals surface area contributed by atoms with Crippen LogP contribution < -0.4 is 5.32 Å². The van der Waals surface area contributed by atoms with E-state index in [1.807, 2.05) is 41.0 Å². The molecule has 1 amide bonds. The number of benzene rings is 2. The van der Waals surface area contributed by atoms with Gasteiger partial charge in [-0.15, -0.1) is 10.2 Å². The Morgan fingerprint density at radius 2 is 1.94 bits per heavy atom. The zero-order chi connectivity index (χ0) is 23.5. The molecule has 2 aromatic carbocycles. The van der Waals surface area contributed by atoms with Crippen LogP contribution in [0.25, 0.3) is 11.3 Å². The van der Waals surface area contributed by atoms with Crippen molar-refractivity contribution in [2.75, 3.05) is 13.1 Å². The SMILES string of the molecule is O=C(NCc1nnc2n1CCN(Cc1ccc(-c3cccc(Cl)c3)o1)CC2)c1cccc(F)c1. The molecule has 7 nitrogen and oxygen atoms in total. The lowest BCUT2D eigenvalue weighted by atomic mass is 10.2. The Bertz CT molecular complexity index is 1320. The van der Waals surface area contributed by atoms with Crippen molar-refractivity contribution >= 4 is 17.5 Å². The van der Waals surface area contributed by atoms with Crippen LogP contribution in [0.1, 0.15) is 27.8 Å². The minimum absolute atomic E-state index is 0.226. The molecule has 174 valence electrons. The maximum absolute atomic E-state index is 13.4. The van der Waals surface area contributed by atoms with Gasteiger partial charge in [-0.1, -0.05) is 29.8 Å². The van der Waals surface area contributed by atoms with Crippen LogP contribution >= 0.6 is 11.6 Å². The standard InChI is InChI=1S/C25H23ClFN5O2/c26-19-5-1-3-17(13-19)22-8-7-21(34-22)16-31-10-9-23-29-30-24(32(23)12-11-31)15-28-25(33)18-4-2-6-20(27)14-18/h1-8,13-14H,9-12,15-16H2,(H,28,33). The van der Waals surface area contributed by atoms with E-state index in [0.717, 1.165) is 42.4 Å². The van der Waals surface area contributed by atoms with Crippen molar-refractivity contribution in [3.63, 3.8) is 0 Å². The third-order valence-electron chi connectivity index (χ3n) is 5.84. The smallest absolute Gasteiger partial charge is 0.251 e. The second-order valence-electron chi connectivity index (χ2n) is 8.18. The normalized spacial score (nSPS) is 13.9. The van der Waals surface area contributed by atoms with Crippen molar-refractivity contribution in [2.24, 2.45) is 0 Å². The highest BCUT2D eigenvalue weighted by Crippen LogP contribution is 2.25. The molecular formula is C25H23ClFN5O2. The predicted molar refractivity (Wildman–Crippen MR) is 126 cm³/mol. The van der Waals surface area contributed by atoms with Crippen LogP contribution in [-0.4, -0.2) is 38.7 Å². The molecule has 0 atom stereocenters. The highest BCUT2D eigenvalue weighted by molar-refractivity contribution is 6.30. The fourth-order valence-electron chi connectivity index (χ4n) is 4.09. The predicted octanol–water partition coefficient (Wildman–Crippen LogP) is 4.32. The van der Waals surface area contributed by atoms with Crippen molar-refractivity contribution in [3.8, 4) is 11.3 Å². The zero-order valence-electron chi connectivity index (χ0n) is 18.4. The Morgan fingerprint density at radius 1 is 1.06 bits per heavy atom. The lowest BCUT2D eigenvalue weighted by Crippen LogP contribution is -2.27. The molecule has 2 aromatic heterocycles. The van der Waals surface area contributed by atoms with Crippen LogP contribution in [0.5, 0.6) is 0 Å². The molecular weight excluding hydrogens is 457 g/mol. The van der Waals surface area contributed by atoms with E-state index in [-0.39, 0.29) is 18.0 Å². The molecule has 9 heteroatoms. The van der Waals surface area contributed by atoms with E-state index < -0.39 is 5.82 Å². The molecule has 0 radical (unpaired) electrons. The Hall–Kier alpha value is -3.49. The Morgan fingerprint density at radius 3 is 2.79 bits per heavy atom. The van der Waals surface area contributed by atoms with Crippen molar-refractivity contribution < 1.29 is 13.6 Å². The first-order chi connectivity index (χ1) is 16.5. The molecule has 1 aliphatic rings. The van der Waals surface area contributed by atoms with Gasteiger partial charge in [-0.3, -0.25) is 9.69 Å². The number of hydrogen-bond acceptors (Lipinski definition) is 5. The van der Waals surface area contributed by atoms with Crippen LogP contribution in [0.2, 0.25) is 5.02 Å². The summed E-state index contributed by atoms with van der Waals surface area (Å²) in [5.74, 6) is 2.45. The summed E-state index contributed by atoms with van der Waals surface area (Å²) in [6.45, 7) is 3.23. The van der Waals surface area contributed by atoms with E-state index in [2.05, 4.69) is 20.4 Å². The Kier molecular flexibility index (Phi) is 6.42. The van der Waals surface area contributed by atoms with Crippen LogP contribution in [0, 0.1) is 5.82 Å². The van der Waals surface area contributed by atoms with Gasteiger partial charge in [-0.25, -0.2) is 4.39 Å². The Labute approximate surface area is 201 Å². The van der Waals surface area contributed by atoms with E-state index in [9.17, 15) is 9.18 Å². The maximum atomic E-state index is 13.4. The summed E-state index contributed by atoms with van der Waals surface area (Å²) in [6.07, 6.45) is 0.743. The first-order valence-corrected chi connectivity index (χ1v) is 11.4. The monoisotopic (exact) mass is 479 g/mol. The van der Waals surface area contributed by atoms with Gasteiger partial charge < -0.3 is 14.3 Å². The van der Waals surface area contributed by atoms with Crippen LogP contribution in [0.3, 0.4) is 0 Å². The molecule has 0 bridgehead atoms. The van der Waals surface area contributed by atoms with Gasteiger partial charge in [-0.2, -0.15) is 0 Å². The van der Waals surface area contributed by atoms with Crippen molar-refractivity contribution in [3.05, 3.63) is 94.5 Å². The number of hydrogen-bond donors (Lipinski definition) is 1. The molecule has 0 saturated heterocycles. The number of fused-ring (bicyclic) bond motifs is 1. The van der Waals surface area contributed by atoms with Gasteiger partial charge in [0.15, 0.2) is 5.82 Å². The average Bonchev–Trinajstić information content (AvgIpc) is 3.41. The van der Waals surface area contributed by atoms with Gasteiger partial charge in [0.1, 0.15) is 23.2 Å². The summed E-state index contributed by atoms with van der Waals surface area (Å²) >= 11 is 6.10. The molecule has 0 saturated carbocycles. The quantitative estimate of drug-likeness (QED) is 0.445. The number of nitrogens with zero attached hydrogens (tertiary/aromatic N) is 4. The van der Waals surface area contributed by atoms with Crippen LogP contribution in [-0.2, 0) is 26.1 Å². The summed E-state index contributed by atoms with van der Waals surface area (Å²) in [7, 11) is 0. The number of halogens is 2. The maximum Gasteiger partial charge on any atom is 0.251 e. The topological polar surface area (TPSA) is 76.2 Å². The number of carbonyl (C=O) groups excluding carboxylic acids is 1. The van der Waals surface area contributed by atoms with Crippen molar-refractivity contribution in [1.82, 2.24) is 25.0 Å². The number of carbonyl (C=O) groups is 1. The summed E-state index contributed by atoms with van der Waals surface area (Å²) in [5.41, 5.74) is 1.23. The molecule has 34 heavy (non-hydrogen) atoms. The molecule has 0 aliphatic carbocycles. The van der Waals surface area contributed by atoms with Gasteiger partial charge in [0.25, 0.3) is 5.91 Å². The number of aromatic nitrogens is 3. The van der Waals surface area contributed by atoms with E-state index in [4.69, 9.17) is 16.0 Å². The Balaban J connectivity index is 1.19. The van der Waals surface area contributed by atoms with Gasteiger partial charge in [0.05, 0.1) is 13.1 Å². The molecule has 0 fully saturated rings. The first kappa shape index (κ1) is 22.3. The third kappa shape index (κ3) is 5.03. The molecule has 0 unspecified atom stereocenters. The summed E-state index contributed by atoms with van der Waals surface area (Å²) in [4.78, 5) is 14.7. The number of rotatable bonds is 6. The van der Waals surface area contributed by atoms with E-state index in [0.29, 0.717) is 23.9 Å². The fraction of sp³-hybridized carbons (Fsp3) is 0.240. The van der Waals surface area contributed by atoms with E-state index in [1.165, 1.54) is 18.2 Å². The van der Waals surface area contributed by atoms with E-state index >= 15 is 0 Å². The summed E-state index contributed by atoms with van der Waals surface area (Å²) in [5, 5.41) is 12.0. The van der Waals surface area contributed by atoms with Crippen molar-refractivity contribution in [1.29, 1.82) is 0 Å². The molecule has 5 rings (SSSR count). The minimum atomic E-state index is -0.444. The largest absolute Gasteiger partial charge is 0.460 e. The van der Waals surface area contributed by atoms with Gasteiger partial charge >= 0.3 is 0 Å². The minimum Gasteiger partial charge on any atom is -0.460 e. The lowest BCUT2D eigenvalue weighted by molar-refractivity contribution is 0.0949. The van der Waals surface area contributed by atoms with Gasteiger partial charge in [-0.05, 0) is 42.5 Å². The summed E-state index contributed by atoms with van der Waals surface area (Å²) < 4.78 is 21.5. The highest BCUT2D eigenvalue weighted by atomic mass is 35.5. The molecule has 1 aliphatic heterocycles. The highest BCUT2D eigenvalue weighted by Gasteiger charge is 2.20. The van der Waals surface area contributed by atoms with Crippen molar-refractivity contribution in [2.45, 2.75) is 26.1 Å². The molecule has 4 aromatic rings. The van der Waals surface area contributed by atoms with Gasteiger partial charge in [0, 0.05) is 42.2 Å². The van der Waals surface area contributed by atoms with Crippen LogP contribution in [0.15, 0.2) is 65.1 Å². The number of furan rings is 1. The average molecular weight is 480 g/mol. The molecule has 1 N–H and O–H groups in total. The first-order valence-electron chi connectivity index (χ1n) is 11.1. The zero-order valence-corrected chi connectivity index (χ0v) is 19.1. The molecule has 0 spiro atoms. The lowest BCUT2D eigenvalue weighted by Gasteiger charge is -2.18. The number of amides is 1. The third-order valence-corrected chi connectivity index (χ3v) is 6.07. The fourth-order valence-corrected chi connectivity index (χ4v) is 4.28. The second kappa shape index (κ2) is 9.79. The number of nitrogens with one attached hydrogen (secondary N) is 1. The summed E-state index contributed by atoms with van der Waals surface area (Å²) in [6, 6.07) is 17.2. The van der Waals surface area contributed by atoms with Crippen LogP contribution in [0.4, 0.5) is 4.39 Å². The van der Waals surface area contributed by atoms with E-state index in [1.54, 1.807) is 6.07 Å². The van der Waals surface area contributed by atoms with Gasteiger partial charge in [0.2, 0.25) is 0 Å².